The molecule has 5 nitrogen and oxygen atoms in total. The van der Waals surface area contributed by atoms with Crippen LogP contribution < -0.4 is 10.1 Å². The van der Waals surface area contributed by atoms with Gasteiger partial charge in [0, 0.05) is 12.5 Å². The van der Waals surface area contributed by atoms with Crippen LogP contribution in [0, 0.1) is 24.2 Å². The Kier molecular flexibility index (Phi) is 4.65. The Hall–Kier alpha value is -2.04. The number of rotatable bonds is 6. The van der Waals surface area contributed by atoms with E-state index in [1.54, 1.807) is 6.92 Å². The highest BCUT2D eigenvalue weighted by molar-refractivity contribution is 5.79. The van der Waals surface area contributed by atoms with Crippen molar-refractivity contribution in [2.45, 2.75) is 57.9 Å². The van der Waals surface area contributed by atoms with Crippen LogP contribution in [0.25, 0.3) is 0 Å². The molecule has 0 heterocycles. The van der Waals surface area contributed by atoms with Crippen LogP contribution in [-0.2, 0) is 14.3 Å². The normalized spacial score (nSPS) is 33.6. The van der Waals surface area contributed by atoms with Crippen LogP contribution in [0.3, 0.4) is 0 Å². The first-order valence-electron chi connectivity index (χ1n) is 10.0. The molecule has 0 saturated heterocycles. The third-order valence-electron chi connectivity index (χ3n) is 6.60. The lowest BCUT2D eigenvalue weighted by molar-refractivity contribution is -0.176. The van der Waals surface area contributed by atoms with E-state index in [-0.39, 0.29) is 24.0 Å². The zero-order valence-corrected chi connectivity index (χ0v) is 16.3. The van der Waals surface area contributed by atoms with Crippen molar-refractivity contribution in [3.8, 4) is 5.75 Å². The zero-order chi connectivity index (χ0) is 19.1. The van der Waals surface area contributed by atoms with Crippen LogP contribution in [-0.4, -0.2) is 30.6 Å². The van der Waals surface area contributed by atoms with E-state index in [1.165, 1.54) is 6.42 Å². The second kappa shape index (κ2) is 6.84. The van der Waals surface area contributed by atoms with Gasteiger partial charge in [0.1, 0.15) is 19.0 Å². The first kappa shape index (κ1) is 18.3. The van der Waals surface area contributed by atoms with Gasteiger partial charge in [-0.3, -0.25) is 9.59 Å². The van der Waals surface area contributed by atoms with E-state index in [0.717, 1.165) is 43.4 Å². The zero-order valence-electron chi connectivity index (χ0n) is 16.3. The molecule has 146 valence electrons. The minimum atomic E-state index is -0.421. The summed E-state index contributed by atoms with van der Waals surface area (Å²) in [6.07, 6.45) is 5.74. The van der Waals surface area contributed by atoms with Gasteiger partial charge in [-0.15, -0.1) is 0 Å². The van der Waals surface area contributed by atoms with Gasteiger partial charge in [-0.05, 0) is 68.9 Å². The molecule has 5 rings (SSSR count). The van der Waals surface area contributed by atoms with Crippen molar-refractivity contribution in [1.29, 1.82) is 0 Å². The summed E-state index contributed by atoms with van der Waals surface area (Å²) in [6, 6.07) is 7.83. The van der Waals surface area contributed by atoms with Gasteiger partial charge in [-0.1, -0.05) is 18.2 Å². The Morgan fingerprint density at radius 3 is 2.48 bits per heavy atom. The van der Waals surface area contributed by atoms with Gasteiger partial charge in [0.05, 0.1) is 5.41 Å². The highest BCUT2D eigenvalue weighted by Crippen LogP contribution is 2.62. The Morgan fingerprint density at radius 1 is 1.11 bits per heavy atom. The molecular formula is C22H29NO4. The van der Waals surface area contributed by atoms with E-state index in [4.69, 9.17) is 9.47 Å². The molecule has 0 radical (unpaired) electrons. The molecule has 1 aromatic rings. The van der Waals surface area contributed by atoms with Crippen LogP contribution in [0.2, 0.25) is 0 Å². The number of hydrogen-bond donors (Lipinski definition) is 1. The first-order valence-corrected chi connectivity index (χ1v) is 10.0. The molecule has 2 unspecified atom stereocenters. The summed E-state index contributed by atoms with van der Waals surface area (Å²) < 4.78 is 11.4. The smallest absolute Gasteiger partial charge is 0.312 e. The number of esters is 1. The molecule has 5 heteroatoms. The average molecular weight is 371 g/mol. The molecule has 4 aliphatic rings. The van der Waals surface area contributed by atoms with Gasteiger partial charge >= 0.3 is 5.97 Å². The number of ether oxygens (including phenoxy) is 2. The lowest BCUT2D eigenvalue weighted by Crippen LogP contribution is -2.64. The van der Waals surface area contributed by atoms with Crippen LogP contribution in [0.15, 0.2) is 24.3 Å². The second-order valence-corrected chi connectivity index (χ2v) is 8.95. The number of para-hydroxylation sites is 1. The van der Waals surface area contributed by atoms with Crippen molar-refractivity contribution in [2.75, 3.05) is 13.2 Å². The van der Waals surface area contributed by atoms with Crippen LogP contribution in [0.1, 0.15) is 51.0 Å². The van der Waals surface area contributed by atoms with Crippen molar-refractivity contribution in [3.05, 3.63) is 29.8 Å². The largest absolute Gasteiger partial charge is 0.490 e. The van der Waals surface area contributed by atoms with E-state index < -0.39 is 5.41 Å². The van der Waals surface area contributed by atoms with E-state index in [1.807, 2.05) is 31.2 Å². The molecule has 4 saturated carbocycles. The monoisotopic (exact) mass is 371 g/mol. The molecule has 1 amide bonds. The maximum atomic E-state index is 13.0. The van der Waals surface area contributed by atoms with Gasteiger partial charge in [0.25, 0.3) is 0 Å². The van der Waals surface area contributed by atoms with Crippen LogP contribution in [0.4, 0.5) is 0 Å². The highest BCUT2D eigenvalue weighted by Gasteiger charge is 2.61. The number of hydrogen-bond acceptors (Lipinski definition) is 4. The van der Waals surface area contributed by atoms with Crippen molar-refractivity contribution in [1.82, 2.24) is 5.32 Å². The summed E-state index contributed by atoms with van der Waals surface area (Å²) >= 11 is 0. The minimum absolute atomic E-state index is 0.00657. The quantitative estimate of drug-likeness (QED) is 0.615. The summed E-state index contributed by atoms with van der Waals surface area (Å²) in [5.41, 5.74) is 0.448. The van der Waals surface area contributed by atoms with Crippen molar-refractivity contribution >= 4 is 11.9 Å². The Morgan fingerprint density at radius 2 is 1.81 bits per heavy atom. The van der Waals surface area contributed by atoms with Gasteiger partial charge < -0.3 is 14.8 Å². The van der Waals surface area contributed by atoms with Crippen molar-refractivity contribution in [3.63, 3.8) is 0 Å². The molecule has 1 N–H and O–H groups in total. The Balaban J connectivity index is 1.37. The van der Waals surface area contributed by atoms with E-state index in [0.29, 0.717) is 18.4 Å². The first-order chi connectivity index (χ1) is 12.9. The Labute approximate surface area is 160 Å². The second-order valence-electron chi connectivity index (χ2n) is 8.95. The van der Waals surface area contributed by atoms with Crippen LogP contribution in [0.5, 0.6) is 5.75 Å². The molecule has 0 spiro atoms. The maximum absolute atomic E-state index is 13.0. The predicted molar refractivity (Wildman–Crippen MR) is 101 cm³/mol. The number of nitrogens with one attached hydrogen (secondary N) is 1. The number of aryl methyl sites for hydroxylation is 1. The molecule has 1 aromatic carbocycles. The lowest BCUT2D eigenvalue weighted by atomic mass is 9.47. The van der Waals surface area contributed by atoms with Crippen molar-refractivity contribution in [2.24, 2.45) is 17.3 Å². The van der Waals surface area contributed by atoms with E-state index >= 15 is 0 Å². The number of benzene rings is 1. The van der Waals surface area contributed by atoms with Gasteiger partial charge in [-0.25, -0.2) is 0 Å². The van der Waals surface area contributed by atoms with E-state index in [2.05, 4.69) is 5.32 Å². The average Bonchev–Trinajstić information content (AvgIpc) is 2.57. The molecular weight excluding hydrogens is 342 g/mol. The summed E-state index contributed by atoms with van der Waals surface area (Å²) in [5.74, 6) is 1.78. The molecule has 27 heavy (non-hydrogen) atoms. The van der Waals surface area contributed by atoms with Gasteiger partial charge in [0.2, 0.25) is 5.91 Å². The van der Waals surface area contributed by atoms with Gasteiger partial charge in [-0.2, -0.15) is 0 Å². The molecule has 4 fully saturated rings. The predicted octanol–water partition coefficient (Wildman–Crippen LogP) is 3.39. The number of carbonyl (C=O) groups excluding carboxylic acids is 2. The standard InChI is InChI=1S/C22H29NO4/c1-15-5-3-4-6-19(15)26-7-8-27-20(25)21-10-17-9-18(11-21)13-22(12-17,14-21)23-16(2)24/h3-6,17-18H,7-14H2,1-2H3,(H,23,24). The molecule has 0 aromatic heterocycles. The maximum Gasteiger partial charge on any atom is 0.312 e. The van der Waals surface area contributed by atoms with Gasteiger partial charge in [0.15, 0.2) is 0 Å². The fourth-order valence-corrected chi connectivity index (χ4v) is 6.18. The SMILES string of the molecule is CC(=O)NC12CC3CC(C1)CC(C(=O)OCCOc1ccccc1C)(C3)C2. The minimum Gasteiger partial charge on any atom is -0.490 e. The highest BCUT2D eigenvalue weighted by atomic mass is 16.6. The fourth-order valence-electron chi connectivity index (χ4n) is 6.18. The topological polar surface area (TPSA) is 64.6 Å². The molecule has 4 aliphatic carbocycles. The summed E-state index contributed by atoms with van der Waals surface area (Å²) in [4.78, 5) is 24.7. The van der Waals surface area contributed by atoms with Crippen molar-refractivity contribution < 1.29 is 19.1 Å². The third-order valence-corrected chi connectivity index (χ3v) is 6.60. The van der Waals surface area contributed by atoms with E-state index in [9.17, 15) is 9.59 Å². The fraction of sp³-hybridized carbons (Fsp3) is 0.636. The molecule has 2 atom stereocenters. The number of carbonyl (C=O) groups is 2. The molecule has 4 bridgehead atoms. The summed E-state index contributed by atoms with van der Waals surface area (Å²) in [6.45, 7) is 4.19. The number of amides is 1. The lowest BCUT2D eigenvalue weighted by Gasteiger charge is -2.60. The summed E-state index contributed by atoms with van der Waals surface area (Å²) in [5, 5.41) is 3.19. The molecule has 0 aliphatic heterocycles. The third kappa shape index (κ3) is 3.56. The van der Waals surface area contributed by atoms with Crippen LogP contribution >= 0.6 is 0 Å². The summed E-state index contributed by atoms with van der Waals surface area (Å²) in [7, 11) is 0. The Bertz CT molecular complexity index is 730.